The Labute approximate surface area is 211 Å². The Bertz CT molecular complexity index is 1460. The van der Waals surface area contributed by atoms with Gasteiger partial charge in [-0.25, -0.2) is 18.0 Å². The lowest BCUT2D eigenvalue weighted by Crippen LogP contribution is -2.48. The van der Waals surface area contributed by atoms with Crippen molar-refractivity contribution in [2.75, 3.05) is 5.32 Å². The van der Waals surface area contributed by atoms with E-state index in [4.69, 9.17) is 16.7 Å². The van der Waals surface area contributed by atoms with Crippen LogP contribution in [0.2, 0.25) is 5.02 Å². The Hall–Kier alpha value is -4.26. The number of rotatable bonds is 5. The highest BCUT2D eigenvalue weighted by Crippen LogP contribution is 2.40. The van der Waals surface area contributed by atoms with E-state index >= 15 is 4.39 Å². The number of hydrogen-bond donors (Lipinski definition) is 2. The van der Waals surface area contributed by atoms with E-state index in [9.17, 15) is 23.2 Å². The second kappa shape index (κ2) is 9.32. The summed E-state index contributed by atoms with van der Waals surface area (Å²) in [5.74, 6) is -6.48. The summed E-state index contributed by atoms with van der Waals surface area (Å²) in [5.41, 5.74) is -0.741. The van der Waals surface area contributed by atoms with Crippen LogP contribution in [0.4, 0.5) is 18.9 Å². The standard InChI is InChI=1S/C23H16ClF3N6O4/c24-13-2-4-16(32-9-28-30-31-32)19(21(13)27)10-5-12-1-3-17(33(12)18(34)6-10)22(35)29-11-7-14(25)20(23(36)37)15(26)8-11/h2,4,6-9,12,17H,1,3,5H2,(H,29,35)(H,36,37)/t12?,17-/m0/s1. The first-order valence-electron chi connectivity index (χ1n) is 10.9. The van der Waals surface area contributed by atoms with Gasteiger partial charge in [-0.1, -0.05) is 11.6 Å². The van der Waals surface area contributed by atoms with Crippen molar-refractivity contribution in [3.63, 3.8) is 0 Å². The second-order valence-corrected chi connectivity index (χ2v) is 8.89. The number of carbonyl (C=O) groups excluding carboxylic acids is 2. The first kappa shape index (κ1) is 24.4. The van der Waals surface area contributed by atoms with Gasteiger partial charge in [0.2, 0.25) is 11.8 Å². The third-order valence-corrected chi connectivity index (χ3v) is 6.62. The monoisotopic (exact) mass is 532 g/mol. The molecule has 2 atom stereocenters. The van der Waals surface area contributed by atoms with Crippen molar-refractivity contribution in [3.8, 4) is 5.69 Å². The quantitative estimate of drug-likeness (QED) is 0.516. The lowest BCUT2D eigenvalue weighted by Gasteiger charge is -2.33. The SMILES string of the molecule is O=C(O)c1c(F)cc(NC(=O)[C@@H]2CCC3CC(c4c(-n5cnnn5)ccc(Cl)c4F)=CC(=O)N32)cc1F. The number of amides is 2. The molecule has 14 heteroatoms. The van der Waals surface area contributed by atoms with Crippen LogP contribution in [0.5, 0.6) is 0 Å². The average molecular weight is 533 g/mol. The minimum absolute atomic E-state index is 0.0603. The first-order chi connectivity index (χ1) is 17.7. The summed E-state index contributed by atoms with van der Waals surface area (Å²) < 4.78 is 44.4. The van der Waals surface area contributed by atoms with E-state index in [0.29, 0.717) is 24.1 Å². The predicted octanol–water partition coefficient (Wildman–Crippen LogP) is 3.22. The molecule has 37 heavy (non-hydrogen) atoms. The summed E-state index contributed by atoms with van der Waals surface area (Å²) in [6.45, 7) is 0. The lowest BCUT2D eigenvalue weighted by atomic mass is 9.92. The van der Waals surface area contributed by atoms with Gasteiger partial charge in [-0.2, -0.15) is 4.68 Å². The maximum atomic E-state index is 15.2. The van der Waals surface area contributed by atoms with Crippen LogP contribution >= 0.6 is 11.6 Å². The topological polar surface area (TPSA) is 130 Å². The van der Waals surface area contributed by atoms with Crippen molar-refractivity contribution in [1.82, 2.24) is 25.1 Å². The first-order valence-corrected chi connectivity index (χ1v) is 11.3. The van der Waals surface area contributed by atoms with E-state index in [1.807, 2.05) is 0 Å². The van der Waals surface area contributed by atoms with Gasteiger partial charge in [0, 0.05) is 23.4 Å². The molecule has 2 N–H and O–H groups in total. The normalized spacial score (nSPS) is 19.0. The van der Waals surface area contributed by atoms with Crippen LogP contribution < -0.4 is 5.32 Å². The summed E-state index contributed by atoms with van der Waals surface area (Å²) in [6, 6.07) is 2.84. The number of anilines is 1. The second-order valence-electron chi connectivity index (χ2n) is 8.49. The fourth-order valence-electron chi connectivity index (χ4n) is 4.77. The van der Waals surface area contributed by atoms with E-state index in [1.165, 1.54) is 34.1 Å². The van der Waals surface area contributed by atoms with Crippen LogP contribution in [-0.2, 0) is 9.59 Å². The number of benzene rings is 2. The average Bonchev–Trinajstić information content (AvgIpc) is 3.50. The molecule has 1 fully saturated rings. The third-order valence-electron chi connectivity index (χ3n) is 6.33. The molecule has 1 unspecified atom stereocenters. The van der Waals surface area contributed by atoms with Crippen molar-refractivity contribution in [2.24, 2.45) is 0 Å². The van der Waals surface area contributed by atoms with Crippen molar-refractivity contribution in [1.29, 1.82) is 0 Å². The van der Waals surface area contributed by atoms with Gasteiger partial charge in [0.1, 0.15) is 29.6 Å². The maximum absolute atomic E-state index is 15.2. The zero-order valence-corrected chi connectivity index (χ0v) is 19.4. The Morgan fingerprint density at radius 3 is 2.51 bits per heavy atom. The van der Waals surface area contributed by atoms with E-state index < -0.39 is 52.9 Å². The molecule has 190 valence electrons. The molecule has 0 radical (unpaired) electrons. The number of carboxylic acids is 1. The Morgan fingerprint density at radius 1 is 1.14 bits per heavy atom. The molecule has 2 aliphatic heterocycles. The number of carboxylic acid groups (broad SMARTS) is 1. The van der Waals surface area contributed by atoms with E-state index in [1.54, 1.807) is 0 Å². The van der Waals surface area contributed by atoms with Crippen molar-refractivity contribution in [3.05, 3.63) is 70.3 Å². The zero-order chi connectivity index (χ0) is 26.4. The molecule has 1 saturated heterocycles. The minimum atomic E-state index is -1.78. The smallest absolute Gasteiger partial charge is 0.341 e. The molecule has 0 spiro atoms. The summed E-state index contributed by atoms with van der Waals surface area (Å²) >= 11 is 6.01. The lowest BCUT2D eigenvalue weighted by molar-refractivity contribution is -0.135. The van der Waals surface area contributed by atoms with E-state index in [-0.39, 0.29) is 34.8 Å². The van der Waals surface area contributed by atoms with Crippen LogP contribution in [0.25, 0.3) is 11.3 Å². The van der Waals surface area contributed by atoms with Crippen molar-refractivity contribution >= 4 is 40.6 Å². The highest BCUT2D eigenvalue weighted by Gasteiger charge is 2.43. The summed E-state index contributed by atoms with van der Waals surface area (Å²) in [6.07, 6.45) is 3.35. The van der Waals surface area contributed by atoms with Gasteiger partial charge in [-0.3, -0.25) is 9.59 Å². The molecule has 5 rings (SSSR count). The molecule has 0 aliphatic carbocycles. The molecule has 2 aromatic carbocycles. The molecular weight excluding hydrogens is 517 g/mol. The number of hydrogen-bond acceptors (Lipinski definition) is 6. The van der Waals surface area contributed by atoms with E-state index in [2.05, 4.69) is 20.8 Å². The number of nitrogens with zero attached hydrogens (tertiary/aromatic N) is 5. The fourth-order valence-corrected chi connectivity index (χ4v) is 4.93. The van der Waals surface area contributed by atoms with Gasteiger partial charge in [-0.15, -0.1) is 5.10 Å². The molecule has 0 saturated carbocycles. The number of nitrogens with one attached hydrogen (secondary N) is 1. The number of halogens is 4. The van der Waals surface area contributed by atoms with Crippen molar-refractivity contribution < 1.29 is 32.7 Å². The molecular formula is C23H16ClF3N6O4. The number of fused-ring (bicyclic) bond motifs is 1. The van der Waals surface area contributed by atoms with Gasteiger partial charge in [0.15, 0.2) is 5.82 Å². The van der Waals surface area contributed by atoms with Gasteiger partial charge in [-0.05, 0) is 59.5 Å². The van der Waals surface area contributed by atoms with Crippen LogP contribution in [0.15, 0.2) is 36.7 Å². The number of aromatic carboxylic acids is 1. The predicted molar refractivity (Wildman–Crippen MR) is 122 cm³/mol. The third kappa shape index (κ3) is 4.31. The molecule has 1 aromatic heterocycles. The summed E-state index contributed by atoms with van der Waals surface area (Å²) in [7, 11) is 0. The van der Waals surface area contributed by atoms with Crippen molar-refractivity contribution in [2.45, 2.75) is 31.3 Å². The fraction of sp³-hybridized carbons (Fsp3) is 0.217. The van der Waals surface area contributed by atoms with Gasteiger partial charge in [0.25, 0.3) is 0 Å². The van der Waals surface area contributed by atoms with E-state index in [0.717, 1.165) is 0 Å². The molecule has 2 amide bonds. The summed E-state index contributed by atoms with van der Waals surface area (Å²) in [4.78, 5) is 38.4. The minimum Gasteiger partial charge on any atom is -0.477 e. The van der Waals surface area contributed by atoms with Gasteiger partial charge in [0.05, 0.1) is 10.7 Å². The molecule has 0 bridgehead atoms. The van der Waals surface area contributed by atoms with Crippen LogP contribution in [0, 0.1) is 17.5 Å². The molecule has 10 nitrogen and oxygen atoms in total. The highest BCUT2D eigenvalue weighted by atomic mass is 35.5. The molecule has 3 aromatic rings. The number of aromatic nitrogens is 4. The van der Waals surface area contributed by atoms with Crippen LogP contribution in [0.1, 0.15) is 35.2 Å². The number of carbonyl (C=O) groups is 3. The highest BCUT2D eigenvalue weighted by molar-refractivity contribution is 6.31. The Kier molecular flexibility index (Phi) is 6.15. The number of tetrazole rings is 1. The maximum Gasteiger partial charge on any atom is 0.341 e. The Balaban J connectivity index is 1.42. The molecule has 2 aliphatic rings. The Morgan fingerprint density at radius 2 is 1.86 bits per heavy atom. The summed E-state index contributed by atoms with van der Waals surface area (Å²) in [5, 5.41) is 22.0. The van der Waals surface area contributed by atoms with Gasteiger partial charge >= 0.3 is 5.97 Å². The largest absolute Gasteiger partial charge is 0.477 e. The van der Waals surface area contributed by atoms with Crippen LogP contribution in [0.3, 0.4) is 0 Å². The zero-order valence-electron chi connectivity index (χ0n) is 18.7. The van der Waals surface area contributed by atoms with Crippen LogP contribution in [-0.4, -0.2) is 60.1 Å². The van der Waals surface area contributed by atoms with Gasteiger partial charge < -0.3 is 15.3 Å². The molecule has 3 heterocycles.